The van der Waals surface area contributed by atoms with Gasteiger partial charge in [-0.05, 0) is 24.6 Å². The number of nitrogens with zero attached hydrogens (tertiary/aromatic N) is 3. The average molecular weight is 260 g/mol. The molecule has 5 heteroatoms. The third-order valence-corrected chi connectivity index (χ3v) is 3.18. The number of hydrogen-bond acceptors (Lipinski definition) is 4. The van der Waals surface area contributed by atoms with Crippen molar-refractivity contribution in [1.29, 1.82) is 0 Å². The molecule has 0 aliphatic rings. The number of aromatic nitrogens is 2. The van der Waals surface area contributed by atoms with Crippen LogP contribution in [-0.4, -0.2) is 23.9 Å². The van der Waals surface area contributed by atoms with Crippen molar-refractivity contribution in [3.63, 3.8) is 0 Å². The van der Waals surface area contributed by atoms with Crippen molar-refractivity contribution in [1.82, 2.24) is 9.78 Å². The minimum atomic E-state index is 0.735. The van der Waals surface area contributed by atoms with Gasteiger partial charge in [0.2, 0.25) is 0 Å². The predicted molar refractivity (Wildman–Crippen MR) is 77.5 cm³/mol. The van der Waals surface area contributed by atoms with Crippen LogP contribution >= 0.6 is 0 Å². The molecule has 0 atom stereocenters. The molecule has 102 valence electrons. The fourth-order valence-electron chi connectivity index (χ4n) is 2.19. The van der Waals surface area contributed by atoms with Crippen LogP contribution in [0.1, 0.15) is 11.3 Å². The van der Waals surface area contributed by atoms with Gasteiger partial charge in [0.05, 0.1) is 18.5 Å². The smallest absolute Gasteiger partial charge is 0.150 e. The number of benzene rings is 1. The molecular formula is C14H20N4O. The van der Waals surface area contributed by atoms with E-state index >= 15 is 0 Å². The molecule has 5 nitrogen and oxygen atoms in total. The van der Waals surface area contributed by atoms with Crippen molar-refractivity contribution in [2.45, 2.75) is 13.5 Å². The summed E-state index contributed by atoms with van der Waals surface area (Å²) in [6.07, 6.45) is 0. The lowest BCUT2D eigenvalue weighted by Gasteiger charge is -2.20. The first-order chi connectivity index (χ1) is 9.02. The van der Waals surface area contributed by atoms with Crippen molar-refractivity contribution in [3.8, 4) is 5.75 Å². The summed E-state index contributed by atoms with van der Waals surface area (Å²) in [5, 5.41) is 4.33. The number of nitrogen functional groups attached to an aromatic ring is 1. The number of aryl methyl sites for hydroxylation is 2. The van der Waals surface area contributed by atoms with E-state index in [-0.39, 0.29) is 0 Å². The Hall–Kier alpha value is -2.17. The van der Waals surface area contributed by atoms with Gasteiger partial charge in [-0.15, -0.1) is 0 Å². The van der Waals surface area contributed by atoms with Gasteiger partial charge < -0.3 is 15.4 Å². The maximum absolute atomic E-state index is 6.06. The molecule has 1 aromatic carbocycles. The lowest BCUT2D eigenvalue weighted by atomic mass is 10.2. The summed E-state index contributed by atoms with van der Waals surface area (Å²) in [4.78, 5) is 2.09. The molecule has 1 aromatic heterocycles. The van der Waals surface area contributed by atoms with Gasteiger partial charge in [0.15, 0.2) is 0 Å². The first-order valence-corrected chi connectivity index (χ1v) is 6.16. The Bertz CT molecular complexity index is 560. The van der Waals surface area contributed by atoms with Gasteiger partial charge in [-0.2, -0.15) is 5.10 Å². The van der Waals surface area contributed by atoms with Crippen molar-refractivity contribution in [2.75, 3.05) is 24.8 Å². The third kappa shape index (κ3) is 2.65. The van der Waals surface area contributed by atoms with Crippen LogP contribution in [0.4, 0.5) is 11.5 Å². The lowest BCUT2D eigenvalue weighted by Crippen LogP contribution is -2.20. The van der Waals surface area contributed by atoms with E-state index in [1.165, 1.54) is 5.56 Å². The SMILES string of the molecule is COc1ccc(CN(C)c2c(N)c(C)nn2C)cc1. The van der Waals surface area contributed by atoms with Crippen LogP contribution in [0.25, 0.3) is 0 Å². The monoisotopic (exact) mass is 260 g/mol. The molecular weight excluding hydrogens is 240 g/mol. The number of rotatable bonds is 4. The zero-order chi connectivity index (χ0) is 14.0. The molecule has 0 unspecified atom stereocenters. The molecule has 0 bridgehead atoms. The Morgan fingerprint density at radius 3 is 2.42 bits per heavy atom. The highest BCUT2D eigenvalue weighted by molar-refractivity contribution is 5.65. The van der Waals surface area contributed by atoms with E-state index in [4.69, 9.17) is 10.5 Å². The predicted octanol–water partition coefficient (Wildman–Crippen LogP) is 1.96. The van der Waals surface area contributed by atoms with E-state index < -0.39 is 0 Å². The van der Waals surface area contributed by atoms with Gasteiger partial charge in [0.1, 0.15) is 11.6 Å². The number of hydrogen-bond donors (Lipinski definition) is 1. The van der Waals surface area contributed by atoms with Crippen molar-refractivity contribution in [3.05, 3.63) is 35.5 Å². The third-order valence-electron chi connectivity index (χ3n) is 3.18. The molecule has 19 heavy (non-hydrogen) atoms. The standard InChI is InChI=1S/C14H20N4O/c1-10-13(15)14(18(3)16-10)17(2)9-11-5-7-12(19-4)8-6-11/h5-8H,9,15H2,1-4H3. The van der Waals surface area contributed by atoms with Crippen LogP contribution < -0.4 is 15.4 Å². The molecule has 0 spiro atoms. The largest absolute Gasteiger partial charge is 0.497 e. The highest BCUT2D eigenvalue weighted by Gasteiger charge is 2.14. The van der Waals surface area contributed by atoms with Crippen LogP contribution in [0, 0.1) is 6.92 Å². The van der Waals surface area contributed by atoms with Crippen LogP contribution in [0.2, 0.25) is 0 Å². The molecule has 0 aliphatic carbocycles. The fraction of sp³-hybridized carbons (Fsp3) is 0.357. The topological polar surface area (TPSA) is 56.3 Å². The minimum Gasteiger partial charge on any atom is -0.497 e. The Balaban J connectivity index is 2.18. The Morgan fingerprint density at radius 1 is 1.32 bits per heavy atom. The Kier molecular flexibility index (Phi) is 3.64. The Labute approximate surface area is 113 Å². The maximum atomic E-state index is 6.06. The number of anilines is 2. The number of ether oxygens (including phenoxy) is 1. The highest BCUT2D eigenvalue weighted by atomic mass is 16.5. The average Bonchev–Trinajstić information content (AvgIpc) is 2.64. The second kappa shape index (κ2) is 5.22. The van der Waals surface area contributed by atoms with E-state index in [0.29, 0.717) is 0 Å². The van der Waals surface area contributed by atoms with Gasteiger partial charge in [0, 0.05) is 20.6 Å². The van der Waals surface area contributed by atoms with Crippen LogP contribution in [0.5, 0.6) is 5.75 Å². The molecule has 0 radical (unpaired) electrons. The molecule has 1 heterocycles. The molecule has 0 saturated heterocycles. The zero-order valence-electron chi connectivity index (χ0n) is 11.8. The van der Waals surface area contributed by atoms with E-state index in [1.807, 2.05) is 37.8 Å². The fourth-order valence-corrected chi connectivity index (χ4v) is 2.19. The minimum absolute atomic E-state index is 0.735. The number of nitrogens with two attached hydrogens (primary N) is 1. The quantitative estimate of drug-likeness (QED) is 0.913. The van der Waals surface area contributed by atoms with Gasteiger partial charge >= 0.3 is 0 Å². The molecule has 0 amide bonds. The van der Waals surface area contributed by atoms with Crippen molar-refractivity contribution >= 4 is 11.5 Å². The summed E-state index contributed by atoms with van der Waals surface area (Å²) in [5.41, 5.74) is 8.85. The second-order valence-electron chi connectivity index (χ2n) is 4.65. The van der Waals surface area contributed by atoms with E-state index in [1.54, 1.807) is 7.11 Å². The van der Waals surface area contributed by atoms with Crippen molar-refractivity contribution in [2.24, 2.45) is 7.05 Å². The second-order valence-corrected chi connectivity index (χ2v) is 4.65. The molecule has 2 aromatic rings. The van der Waals surface area contributed by atoms with Crippen LogP contribution in [0.15, 0.2) is 24.3 Å². The van der Waals surface area contributed by atoms with E-state index in [0.717, 1.165) is 29.5 Å². The molecule has 0 saturated carbocycles. The summed E-state index contributed by atoms with van der Waals surface area (Å²) < 4.78 is 6.97. The van der Waals surface area contributed by atoms with Crippen molar-refractivity contribution < 1.29 is 4.74 Å². The van der Waals surface area contributed by atoms with Crippen LogP contribution in [-0.2, 0) is 13.6 Å². The van der Waals surface area contributed by atoms with Crippen LogP contribution in [0.3, 0.4) is 0 Å². The molecule has 2 N–H and O–H groups in total. The van der Waals surface area contributed by atoms with Gasteiger partial charge in [-0.1, -0.05) is 12.1 Å². The maximum Gasteiger partial charge on any atom is 0.150 e. The normalized spacial score (nSPS) is 10.5. The highest BCUT2D eigenvalue weighted by Crippen LogP contribution is 2.25. The zero-order valence-corrected chi connectivity index (χ0v) is 11.8. The molecule has 0 aliphatic heterocycles. The molecule has 2 rings (SSSR count). The van der Waals surface area contributed by atoms with Gasteiger partial charge in [-0.25, -0.2) is 0 Å². The van der Waals surface area contributed by atoms with Gasteiger partial charge in [-0.3, -0.25) is 4.68 Å². The molecule has 0 fully saturated rings. The summed E-state index contributed by atoms with van der Waals surface area (Å²) in [7, 11) is 5.58. The summed E-state index contributed by atoms with van der Waals surface area (Å²) in [6.45, 7) is 2.69. The first-order valence-electron chi connectivity index (χ1n) is 6.16. The van der Waals surface area contributed by atoms with E-state index in [9.17, 15) is 0 Å². The Morgan fingerprint density at radius 2 is 1.95 bits per heavy atom. The first kappa shape index (κ1) is 13.3. The number of methoxy groups -OCH3 is 1. The summed E-state index contributed by atoms with van der Waals surface area (Å²) in [5.74, 6) is 1.80. The summed E-state index contributed by atoms with van der Waals surface area (Å²) >= 11 is 0. The van der Waals surface area contributed by atoms with E-state index in [2.05, 4.69) is 22.1 Å². The lowest BCUT2D eigenvalue weighted by molar-refractivity contribution is 0.414. The summed E-state index contributed by atoms with van der Waals surface area (Å²) in [6, 6.07) is 8.02. The van der Waals surface area contributed by atoms with Gasteiger partial charge in [0.25, 0.3) is 0 Å².